The van der Waals surface area contributed by atoms with Gasteiger partial charge in [0.1, 0.15) is 0 Å². The van der Waals surface area contributed by atoms with E-state index in [4.69, 9.17) is 8.91 Å². The zero-order valence-corrected chi connectivity index (χ0v) is 7.43. The third-order valence-corrected chi connectivity index (χ3v) is 4.20. The van der Waals surface area contributed by atoms with Gasteiger partial charge in [0, 0.05) is 0 Å². The van der Waals surface area contributed by atoms with Crippen LogP contribution < -0.4 is 0 Å². The zero-order valence-electron chi connectivity index (χ0n) is 5.13. The molecule has 5 heteroatoms. The molecule has 0 amide bonds. The Morgan fingerprint density at radius 3 is 2.12 bits per heavy atom. The number of hydrogen-bond donors (Lipinski definition) is 1. The van der Waals surface area contributed by atoms with Crippen molar-refractivity contribution in [2.24, 2.45) is 0 Å². The molecule has 0 aromatic carbocycles. The van der Waals surface area contributed by atoms with Crippen LogP contribution in [0.25, 0.3) is 0 Å². The molecule has 0 heterocycles. The summed E-state index contributed by atoms with van der Waals surface area (Å²) in [6.45, 7) is 3.51. The molecule has 1 N–H and O–H groups in total. The third-order valence-electron chi connectivity index (χ3n) is 0.623. The van der Waals surface area contributed by atoms with Crippen LogP contribution in [-0.4, -0.2) is 23.4 Å². The fourth-order valence-corrected chi connectivity index (χ4v) is 2.85. The largest absolute Gasteiger partial charge is 0.417 e. The Morgan fingerprint density at radius 1 is 1.50 bits per heavy atom. The number of hydrogen-bond acceptors (Lipinski definition) is 3. The van der Waals surface area contributed by atoms with Crippen LogP contribution in [-0.2, 0) is 8.54 Å². The molecule has 0 fully saturated rings. The second kappa shape index (κ2) is 4.10. The van der Waals surface area contributed by atoms with Crippen molar-refractivity contribution in [2.75, 3.05) is 0 Å². The summed E-state index contributed by atoms with van der Waals surface area (Å²) in [6.07, 6.45) is 0. The van der Waals surface area contributed by atoms with Crippen molar-refractivity contribution in [1.82, 2.24) is 0 Å². The van der Waals surface area contributed by atoms with Crippen molar-refractivity contribution in [2.45, 2.75) is 13.1 Å². The molecule has 48 valence electrons. The Labute approximate surface area is 52.9 Å². The quantitative estimate of drug-likeness (QED) is 0.437. The van der Waals surface area contributed by atoms with Crippen LogP contribution >= 0.6 is 0 Å². The van der Waals surface area contributed by atoms with Crippen molar-refractivity contribution in [3.8, 4) is 0 Å². The number of rotatable bonds is 3. The van der Waals surface area contributed by atoms with Crippen LogP contribution in [0, 0.1) is 7.11 Å². The predicted molar refractivity (Wildman–Crippen MR) is 35.8 cm³/mol. The van der Waals surface area contributed by atoms with Crippen LogP contribution in [0.4, 0.5) is 0 Å². The summed E-state index contributed by atoms with van der Waals surface area (Å²) in [4.78, 5) is 8.70. The Kier molecular flexibility index (Phi) is 4.20. The van der Waals surface area contributed by atoms with Crippen molar-refractivity contribution in [3.05, 3.63) is 7.11 Å². The van der Waals surface area contributed by atoms with Crippen molar-refractivity contribution in [3.63, 3.8) is 0 Å². The highest BCUT2D eigenvalue weighted by atomic mass is 28.4. The SMILES string of the molecule is [CH2+]O[SiH](C)O[SiH](C)O. The Balaban J connectivity index is 3.10. The molecule has 0 aromatic rings. The van der Waals surface area contributed by atoms with Gasteiger partial charge in [0.15, 0.2) is 0 Å². The molecule has 0 aromatic heterocycles. The first-order valence-electron chi connectivity index (χ1n) is 2.41. The van der Waals surface area contributed by atoms with E-state index in [1.54, 1.807) is 6.55 Å². The Hall–Kier alpha value is 0.184. The molecular formula is C3H11O3Si2+. The van der Waals surface area contributed by atoms with Gasteiger partial charge in [-0.2, -0.15) is 0 Å². The normalized spacial score (nSPS) is 17.9. The molecule has 8 heavy (non-hydrogen) atoms. The topological polar surface area (TPSA) is 38.7 Å². The smallest absolute Gasteiger partial charge is 0.371 e. The maximum atomic E-state index is 8.70. The van der Waals surface area contributed by atoms with E-state index in [0.717, 1.165) is 0 Å². The van der Waals surface area contributed by atoms with E-state index in [0.29, 0.717) is 0 Å². The van der Waals surface area contributed by atoms with E-state index in [2.05, 4.69) is 11.5 Å². The Bertz CT molecular complexity index is 58.5. The molecule has 0 radical (unpaired) electrons. The van der Waals surface area contributed by atoms with E-state index in [-0.39, 0.29) is 0 Å². The van der Waals surface area contributed by atoms with Gasteiger partial charge in [-0.1, -0.05) is 0 Å². The summed E-state index contributed by atoms with van der Waals surface area (Å²) in [7, 11) is -0.201. The molecule has 0 spiro atoms. The molecule has 0 saturated carbocycles. The average molecular weight is 151 g/mol. The van der Waals surface area contributed by atoms with E-state index >= 15 is 0 Å². The lowest BCUT2D eigenvalue weighted by Gasteiger charge is -2.05. The fraction of sp³-hybridized carbons (Fsp3) is 0.667. The minimum absolute atomic E-state index is 1.54. The first-order chi connectivity index (χ1) is 3.66. The van der Waals surface area contributed by atoms with Gasteiger partial charge in [-0.3, -0.25) is 0 Å². The lowest BCUT2D eigenvalue weighted by atomic mass is 11.8. The minimum Gasteiger partial charge on any atom is -0.417 e. The zero-order chi connectivity index (χ0) is 6.57. The Morgan fingerprint density at radius 2 is 2.00 bits per heavy atom. The van der Waals surface area contributed by atoms with Gasteiger partial charge in [-0.25, -0.2) is 4.43 Å². The molecular weight excluding hydrogens is 140 g/mol. The molecule has 0 aliphatic rings. The predicted octanol–water partition coefficient (Wildman–Crippen LogP) is -0.496. The van der Waals surface area contributed by atoms with Crippen LogP contribution in [0.2, 0.25) is 13.1 Å². The lowest BCUT2D eigenvalue weighted by molar-refractivity contribution is 0.342. The van der Waals surface area contributed by atoms with Crippen molar-refractivity contribution >= 4 is 18.6 Å². The minimum atomic E-state index is -1.85. The third kappa shape index (κ3) is 4.35. The molecule has 2 unspecified atom stereocenters. The van der Waals surface area contributed by atoms with E-state index in [1.807, 2.05) is 6.55 Å². The highest BCUT2D eigenvalue weighted by Crippen LogP contribution is 1.87. The maximum absolute atomic E-state index is 8.70. The van der Waals surface area contributed by atoms with Gasteiger partial charge < -0.3 is 8.91 Å². The molecule has 2 atom stereocenters. The summed E-state index contributed by atoms with van der Waals surface area (Å²) < 4.78 is 9.55. The standard InChI is InChI=1S/C3H11O3Si2/c1-5-8(3)6-7(2)4/h4,7-8H,1H2,2-3H3/q+1. The summed E-state index contributed by atoms with van der Waals surface area (Å²) in [5.41, 5.74) is 0. The molecule has 0 aliphatic heterocycles. The maximum Gasteiger partial charge on any atom is 0.371 e. The van der Waals surface area contributed by atoms with Gasteiger partial charge in [0.05, 0.1) is 0 Å². The summed E-state index contributed by atoms with van der Waals surface area (Å²) in [6, 6.07) is 0. The van der Waals surface area contributed by atoms with Crippen LogP contribution in [0.15, 0.2) is 0 Å². The molecule has 0 saturated heterocycles. The lowest BCUT2D eigenvalue weighted by Crippen LogP contribution is -2.25. The first kappa shape index (κ1) is 8.18. The monoisotopic (exact) mass is 151 g/mol. The molecule has 3 nitrogen and oxygen atoms in total. The van der Waals surface area contributed by atoms with Gasteiger partial charge in [-0.15, -0.1) is 0 Å². The highest BCUT2D eigenvalue weighted by molar-refractivity contribution is 6.56. The first-order valence-corrected chi connectivity index (χ1v) is 6.65. The second-order valence-corrected chi connectivity index (χ2v) is 5.23. The second-order valence-electron chi connectivity index (χ2n) is 1.47. The van der Waals surface area contributed by atoms with Gasteiger partial charge in [0.25, 0.3) is 0 Å². The molecule has 0 rings (SSSR count). The average Bonchev–Trinajstić information content (AvgIpc) is 1.65. The van der Waals surface area contributed by atoms with Gasteiger partial charge >= 0.3 is 18.6 Å². The summed E-state index contributed by atoms with van der Waals surface area (Å²) in [5, 5.41) is 0. The van der Waals surface area contributed by atoms with Gasteiger partial charge in [0.2, 0.25) is 7.11 Å². The van der Waals surface area contributed by atoms with E-state index in [9.17, 15) is 0 Å². The van der Waals surface area contributed by atoms with Crippen LogP contribution in [0.1, 0.15) is 0 Å². The van der Waals surface area contributed by atoms with Crippen molar-refractivity contribution < 1.29 is 13.3 Å². The molecule has 0 aliphatic carbocycles. The van der Waals surface area contributed by atoms with E-state index < -0.39 is 18.6 Å². The van der Waals surface area contributed by atoms with Crippen LogP contribution in [0.5, 0.6) is 0 Å². The summed E-state index contributed by atoms with van der Waals surface area (Å²) in [5.74, 6) is 0. The fourth-order valence-electron chi connectivity index (χ4n) is 0.317. The van der Waals surface area contributed by atoms with Crippen LogP contribution in [0.3, 0.4) is 0 Å². The van der Waals surface area contributed by atoms with Crippen molar-refractivity contribution in [1.29, 1.82) is 0 Å². The highest BCUT2D eigenvalue weighted by Gasteiger charge is 2.10. The van der Waals surface area contributed by atoms with Gasteiger partial charge in [-0.05, 0) is 13.1 Å². The summed E-state index contributed by atoms with van der Waals surface area (Å²) >= 11 is 0. The van der Waals surface area contributed by atoms with E-state index in [1.165, 1.54) is 0 Å². The molecule has 0 bridgehead atoms.